The average Bonchev–Trinajstić information content (AvgIpc) is 2.46. The van der Waals surface area contributed by atoms with Gasteiger partial charge in [0.15, 0.2) is 0 Å². The van der Waals surface area contributed by atoms with Crippen LogP contribution in [0.2, 0.25) is 0 Å². The summed E-state index contributed by atoms with van der Waals surface area (Å²) in [6.07, 6.45) is 3.72. The molecule has 0 aliphatic carbocycles. The number of aryl methyl sites for hydroxylation is 1. The number of para-hydroxylation sites is 1. The molecule has 1 nitrogen and oxygen atoms in total. The molecule has 3 aromatic rings. The van der Waals surface area contributed by atoms with E-state index >= 15 is 0 Å². The number of nitrogens with zero attached hydrogens (tertiary/aromatic N) is 1. The minimum absolute atomic E-state index is 1.06. The van der Waals surface area contributed by atoms with Crippen molar-refractivity contribution in [3.63, 3.8) is 0 Å². The first kappa shape index (κ1) is 11.7. The zero-order valence-corrected chi connectivity index (χ0v) is 10.9. The second-order valence-electron chi connectivity index (χ2n) is 4.66. The van der Waals surface area contributed by atoms with E-state index in [1.807, 2.05) is 18.3 Å². The maximum atomic E-state index is 4.52. The van der Waals surface area contributed by atoms with Crippen LogP contribution in [-0.2, 0) is 0 Å². The summed E-state index contributed by atoms with van der Waals surface area (Å²) in [4.78, 5) is 4.52. The summed E-state index contributed by atoms with van der Waals surface area (Å²) in [7, 11) is 0. The molecule has 0 fully saturated rings. The standard InChI is InChI=1S/C18H15N/c1-3-14-9-10-16(13(2)12-14)17-8-4-6-15-7-5-11-19-18(15)17/h3-12H,1H2,2H3. The Labute approximate surface area is 113 Å². The minimum Gasteiger partial charge on any atom is -0.256 e. The molecule has 0 aliphatic rings. The Kier molecular flexibility index (Phi) is 2.88. The maximum absolute atomic E-state index is 4.52. The van der Waals surface area contributed by atoms with Crippen LogP contribution in [0, 0.1) is 6.92 Å². The lowest BCUT2D eigenvalue weighted by molar-refractivity contribution is 1.39. The molecule has 2 aromatic carbocycles. The van der Waals surface area contributed by atoms with E-state index < -0.39 is 0 Å². The van der Waals surface area contributed by atoms with Crippen molar-refractivity contribution in [2.24, 2.45) is 0 Å². The van der Waals surface area contributed by atoms with Gasteiger partial charge in [-0.2, -0.15) is 0 Å². The average molecular weight is 245 g/mol. The van der Waals surface area contributed by atoms with Crippen molar-refractivity contribution in [3.05, 3.63) is 72.4 Å². The summed E-state index contributed by atoms with van der Waals surface area (Å²) >= 11 is 0. The molecule has 1 heterocycles. The van der Waals surface area contributed by atoms with Crippen molar-refractivity contribution < 1.29 is 0 Å². The van der Waals surface area contributed by atoms with Crippen molar-refractivity contribution >= 4 is 17.0 Å². The number of rotatable bonds is 2. The first-order chi connectivity index (χ1) is 9.29. The van der Waals surface area contributed by atoms with Gasteiger partial charge in [0.2, 0.25) is 0 Å². The van der Waals surface area contributed by atoms with Gasteiger partial charge < -0.3 is 0 Å². The third-order valence-corrected chi connectivity index (χ3v) is 3.41. The van der Waals surface area contributed by atoms with Crippen LogP contribution >= 0.6 is 0 Å². The fourth-order valence-corrected chi connectivity index (χ4v) is 2.44. The summed E-state index contributed by atoms with van der Waals surface area (Å²) in [6, 6.07) is 16.8. The Morgan fingerprint density at radius 2 is 1.84 bits per heavy atom. The van der Waals surface area contributed by atoms with Gasteiger partial charge in [0.05, 0.1) is 5.52 Å². The number of aromatic nitrogens is 1. The van der Waals surface area contributed by atoms with Crippen molar-refractivity contribution in [2.75, 3.05) is 0 Å². The zero-order chi connectivity index (χ0) is 13.2. The van der Waals surface area contributed by atoms with E-state index in [9.17, 15) is 0 Å². The fraction of sp³-hybridized carbons (Fsp3) is 0.0556. The van der Waals surface area contributed by atoms with Gasteiger partial charge in [0, 0.05) is 17.1 Å². The van der Waals surface area contributed by atoms with E-state index in [1.165, 1.54) is 22.1 Å². The molecule has 0 radical (unpaired) electrons. The molecule has 0 atom stereocenters. The molecule has 0 saturated heterocycles. The first-order valence-corrected chi connectivity index (χ1v) is 6.37. The summed E-state index contributed by atoms with van der Waals surface area (Å²) in [5, 5.41) is 1.17. The van der Waals surface area contributed by atoms with Crippen molar-refractivity contribution in [3.8, 4) is 11.1 Å². The minimum atomic E-state index is 1.06. The third kappa shape index (κ3) is 2.04. The number of benzene rings is 2. The van der Waals surface area contributed by atoms with Gasteiger partial charge in [-0.3, -0.25) is 4.98 Å². The van der Waals surface area contributed by atoms with E-state index in [1.54, 1.807) is 0 Å². The molecule has 1 aromatic heterocycles. The van der Waals surface area contributed by atoms with Crippen LogP contribution in [-0.4, -0.2) is 4.98 Å². The van der Waals surface area contributed by atoms with Crippen LogP contribution in [0.5, 0.6) is 0 Å². The predicted octanol–water partition coefficient (Wildman–Crippen LogP) is 4.85. The van der Waals surface area contributed by atoms with Gasteiger partial charge in [-0.1, -0.05) is 55.1 Å². The zero-order valence-electron chi connectivity index (χ0n) is 10.9. The molecular weight excluding hydrogens is 230 g/mol. The molecule has 0 aliphatic heterocycles. The molecule has 0 amide bonds. The highest BCUT2D eigenvalue weighted by molar-refractivity contribution is 5.94. The quantitative estimate of drug-likeness (QED) is 0.628. The van der Waals surface area contributed by atoms with Crippen LogP contribution in [0.1, 0.15) is 11.1 Å². The highest BCUT2D eigenvalue weighted by Gasteiger charge is 2.07. The Morgan fingerprint density at radius 3 is 2.63 bits per heavy atom. The SMILES string of the molecule is C=Cc1ccc(-c2cccc3cccnc23)c(C)c1. The Hall–Kier alpha value is -2.41. The van der Waals surface area contributed by atoms with E-state index in [4.69, 9.17) is 0 Å². The van der Waals surface area contributed by atoms with Crippen LogP contribution < -0.4 is 0 Å². The summed E-state index contributed by atoms with van der Waals surface area (Å²) < 4.78 is 0. The lowest BCUT2D eigenvalue weighted by Gasteiger charge is -2.09. The second kappa shape index (κ2) is 4.69. The van der Waals surface area contributed by atoms with Gasteiger partial charge in [-0.05, 0) is 29.7 Å². The first-order valence-electron chi connectivity index (χ1n) is 6.37. The maximum Gasteiger partial charge on any atom is 0.0780 e. The summed E-state index contributed by atoms with van der Waals surface area (Å²) in [5.74, 6) is 0. The molecular formula is C18H15N. The van der Waals surface area contributed by atoms with Gasteiger partial charge in [0.1, 0.15) is 0 Å². The number of hydrogen-bond acceptors (Lipinski definition) is 1. The lowest BCUT2D eigenvalue weighted by Crippen LogP contribution is -1.88. The van der Waals surface area contributed by atoms with Crippen molar-refractivity contribution in [2.45, 2.75) is 6.92 Å². The predicted molar refractivity (Wildman–Crippen MR) is 82.0 cm³/mol. The van der Waals surface area contributed by atoms with Gasteiger partial charge in [0.25, 0.3) is 0 Å². The molecule has 0 bridgehead atoms. The molecule has 0 saturated carbocycles. The van der Waals surface area contributed by atoms with Crippen LogP contribution in [0.15, 0.2) is 61.3 Å². The van der Waals surface area contributed by atoms with E-state index in [0.29, 0.717) is 0 Å². The molecule has 92 valence electrons. The molecule has 0 N–H and O–H groups in total. The highest BCUT2D eigenvalue weighted by Crippen LogP contribution is 2.30. The number of hydrogen-bond donors (Lipinski definition) is 0. The van der Waals surface area contributed by atoms with Crippen molar-refractivity contribution in [1.82, 2.24) is 4.98 Å². The normalized spacial score (nSPS) is 10.6. The molecule has 0 unspecified atom stereocenters. The van der Waals surface area contributed by atoms with Crippen LogP contribution in [0.25, 0.3) is 28.1 Å². The third-order valence-electron chi connectivity index (χ3n) is 3.41. The van der Waals surface area contributed by atoms with Gasteiger partial charge in [-0.25, -0.2) is 0 Å². The Bertz CT molecular complexity index is 751. The monoisotopic (exact) mass is 245 g/mol. The van der Waals surface area contributed by atoms with Crippen molar-refractivity contribution in [1.29, 1.82) is 0 Å². The Morgan fingerprint density at radius 1 is 1.00 bits per heavy atom. The van der Waals surface area contributed by atoms with Gasteiger partial charge in [-0.15, -0.1) is 0 Å². The largest absolute Gasteiger partial charge is 0.256 e. The van der Waals surface area contributed by atoms with Gasteiger partial charge >= 0.3 is 0 Å². The fourth-order valence-electron chi connectivity index (χ4n) is 2.44. The second-order valence-corrected chi connectivity index (χ2v) is 4.66. The van der Waals surface area contributed by atoms with E-state index in [0.717, 1.165) is 11.1 Å². The molecule has 19 heavy (non-hydrogen) atoms. The smallest absolute Gasteiger partial charge is 0.0780 e. The highest BCUT2D eigenvalue weighted by atomic mass is 14.6. The van der Waals surface area contributed by atoms with Crippen LogP contribution in [0.3, 0.4) is 0 Å². The van der Waals surface area contributed by atoms with Crippen LogP contribution in [0.4, 0.5) is 0 Å². The van der Waals surface area contributed by atoms with E-state index in [2.05, 4.69) is 61.0 Å². The lowest BCUT2D eigenvalue weighted by atomic mass is 9.96. The topological polar surface area (TPSA) is 12.9 Å². The summed E-state index contributed by atoms with van der Waals surface area (Å²) in [5.41, 5.74) is 5.87. The molecule has 1 heteroatoms. The summed E-state index contributed by atoms with van der Waals surface area (Å²) in [6.45, 7) is 5.94. The number of fused-ring (bicyclic) bond motifs is 1. The molecule has 3 rings (SSSR count). The van der Waals surface area contributed by atoms with E-state index in [-0.39, 0.29) is 0 Å². The Balaban J connectivity index is 2.27. The number of pyridine rings is 1. The molecule has 0 spiro atoms.